The fourth-order valence-electron chi connectivity index (χ4n) is 2.50. The molecule has 0 aromatic heterocycles. The Bertz CT molecular complexity index is 729. The molecule has 0 bridgehead atoms. The van der Waals surface area contributed by atoms with Gasteiger partial charge in [0.2, 0.25) is 5.91 Å². The van der Waals surface area contributed by atoms with Gasteiger partial charge in [-0.25, -0.2) is 4.90 Å². The van der Waals surface area contributed by atoms with Crippen LogP contribution in [0.4, 0.5) is 5.69 Å². The van der Waals surface area contributed by atoms with E-state index in [1.807, 2.05) is 12.1 Å². The van der Waals surface area contributed by atoms with Gasteiger partial charge in [0, 0.05) is 16.6 Å². The number of hydrogen-bond donors (Lipinski definition) is 1. The molecule has 1 atom stereocenters. The monoisotopic (exact) mass is 348 g/mol. The highest BCUT2D eigenvalue weighted by atomic mass is 35.5. The summed E-state index contributed by atoms with van der Waals surface area (Å²) in [5.41, 5.74) is 1.54. The summed E-state index contributed by atoms with van der Waals surface area (Å²) in [4.78, 5) is 25.8. The largest absolute Gasteiger partial charge is 0.301 e. The molecule has 3 rings (SSSR count). The van der Waals surface area contributed by atoms with Crippen LogP contribution in [0, 0.1) is 0 Å². The average molecular weight is 349 g/mol. The molecule has 2 amide bonds. The van der Waals surface area contributed by atoms with Crippen LogP contribution >= 0.6 is 23.2 Å². The van der Waals surface area contributed by atoms with Gasteiger partial charge in [0.15, 0.2) is 0 Å². The van der Waals surface area contributed by atoms with Crippen LogP contribution in [-0.4, -0.2) is 17.9 Å². The van der Waals surface area contributed by atoms with E-state index in [0.29, 0.717) is 22.3 Å². The Hall–Kier alpha value is -1.88. The molecule has 1 fully saturated rings. The number of anilines is 1. The zero-order valence-electron chi connectivity index (χ0n) is 12.1. The smallest absolute Gasteiger partial charge is 0.251 e. The van der Waals surface area contributed by atoms with Crippen LogP contribution < -0.4 is 10.2 Å². The summed E-state index contributed by atoms with van der Waals surface area (Å²) in [7, 11) is 0. The number of carbonyl (C=O) groups excluding carboxylic acids is 2. The summed E-state index contributed by atoms with van der Waals surface area (Å²) in [6.07, 6.45) is 0.148. The van der Waals surface area contributed by atoms with Crippen molar-refractivity contribution in [3.05, 3.63) is 64.1 Å². The second-order valence-corrected chi connectivity index (χ2v) is 6.18. The lowest BCUT2D eigenvalue weighted by molar-refractivity contribution is -0.121. The molecule has 1 N–H and O–H groups in total. The summed E-state index contributed by atoms with van der Waals surface area (Å²) in [5, 5.41) is 4.35. The third-order valence-electron chi connectivity index (χ3n) is 3.70. The van der Waals surface area contributed by atoms with E-state index in [0.717, 1.165) is 5.56 Å². The Kier molecular flexibility index (Phi) is 4.66. The van der Waals surface area contributed by atoms with E-state index in [4.69, 9.17) is 23.2 Å². The highest BCUT2D eigenvalue weighted by Gasteiger charge is 2.39. The van der Waals surface area contributed by atoms with Crippen molar-refractivity contribution in [2.24, 2.45) is 0 Å². The van der Waals surface area contributed by atoms with E-state index in [2.05, 4.69) is 5.32 Å². The van der Waals surface area contributed by atoms with Crippen LogP contribution in [0.2, 0.25) is 10.0 Å². The van der Waals surface area contributed by atoms with E-state index < -0.39 is 6.04 Å². The first-order valence-electron chi connectivity index (χ1n) is 7.15. The maximum atomic E-state index is 12.5. The first kappa shape index (κ1) is 16.0. The Labute approximate surface area is 144 Å². The lowest BCUT2D eigenvalue weighted by atomic mass is 10.2. The molecule has 23 heavy (non-hydrogen) atoms. The first-order valence-corrected chi connectivity index (χ1v) is 7.90. The van der Waals surface area contributed by atoms with Crippen LogP contribution in [0.25, 0.3) is 0 Å². The lowest BCUT2D eigenvalue weighted by Gasteiger charge is -2.15. The van der Waals surface area contributed by atoms with Crippen LogP contribution in [0.1, 0.15) is 12.0 Å². The Morgan fingerprint density at radius 3 is 2.13 bits per heavy atom. The molecule has 6 heteroatoms. The topological polar surface area (TPSA) is 49.4 Å². The molecule has 2 aromatic carbocycles. The summed E-state index contributed by atoms with van der Waals surface area (Å²) >= 11 is 11.7. The van der Waals surface area contributed by atoms with Gasteiger partial charge >= 0.3 is 0 Å². The van der Waals surface area contributed by atoms with Gasteiger partial charge in [0.05, 0.1) is 18.2 Å². The van der Waals surface area contributed by atoms with Crippen molar-refractivity contribution < 1.29 is 9.59 Å². The van der Waals surface area contributed by atoms with Gasteiger partial charge in [-0.2, -0.15) is 0 Å². The lowest BCUT2D eigenvalue weighted by Crippen LogP contribution is -2.38. The van der Waals surface area contributed by atoms with Crippen molar-refractivity contribution in [3.8, 4) is 0 Å². The maximum absolute atomic E-state index is 12.5. The zero-order valence-corrected chi connectivity index (χ0v) is 13.6. The molecule has 1 aliphatic heterocycles. The number of benzene rings is 2. The van der Waals surface area contributed by atoms with Gasteiger partial charge in [0.25, 0.3) is 5.91 Å². The molecule has 0 saturated carbocycles. The molecule has 2 aromatic rings. The van der Waals surface area contributed by atoms with Gasteiger partial charge in [-0.3, -0.25) is 9.59 Å². The van der Waals surface area contributed by atoms with E-state index >= 15 is 0 Å². The minimum absolute atomic E-state index is 0.148. The van der Waals surface area contributed by atoms with E-state index in [9.17, 15) is 9.59 Å². The summed E-state index contributed by atoms with van der Waals surface area (Å²) in [6, 6.07) is 13.5. The van der Waals surface area contributed by atoms with E-state index in [1.165, 1.54) is 4.90 Å². The summed E-state index contributed by atoms with van der Waals surface area (Å²) in [5.74, 6) is -0.461. The highest BCUT2D eigenvalue weighted by Crippen LogP contribution is 2.24. The molecule has 0 spiro atoms. The number of rotatable bonds is 4. The van der Waals surface area contributed by atoms with E-state index in [1.54, 1.807) is 36.4 Å². The van der Waals surface area contributed by atoms with Gasteiger partial charge in [-0.05, 0) is 42.0 Å². The molecule has 4 nitrogen and oxygen atoms in total. The normalized spacial score (nSPS) is 17.8. The third kappa shape index (κ3) is 3.55. The molecule has 1 aliphatic rings. The molecule has 1 saturated heterocycles. The predicted molar refractivity (Wildman–Crippen MR) is 90.6 cm³/mol. The fraction of sp³-hybridized carbons (Fsp3) is 0.176. The Morgan fingerprint density at radius 2 is 1.52 bits per heavy atom. The van der Waals surface area contributed by atoms with Crippen molar-refractivity contribution in [2.75, 3.05) is 4.90 Å². The van der Waals surface area contributed by atoms with Crippen LogP contribution in [0.3, 0.4) is 0 Å². The zero-order chi connectivity index (χ0) is 16.4. The first-order chi connectivity index (χ1) is 11.0. The van der Waals surface area contributed by atoms with Crippen molar-refractivity contribution in [3.63, 3.8) is 0 Å². The quantitative estimate of drug-likeness (QED) is 0.861. The molecule has 0 radical (unpaired) electrons. The SMILES string of the molecule is O=C1C[C@@H](NCc2ccc(Cl)cc2)C(=O)N1c1ccc(Cl)cc1. The minimum atomic E-state index is -0.520. The van der Waals surface area contributed by atoms with Gasteiger partial charge < -0.3 is 5.32 Å². The number of nitrogens with zero attached hydrogens (tertiary/aromatic N) is 1. The highest BCUT2D eigenvalue weighted by molar-refractivity contribution is 6.31. The van der Waals surface area contributed by atoms with Gasteiger partial charge in [0.1, 0.15) is 0 Å². The molecular formula is C17H14Cl2N2O2. The third-order valence-corrected chi connectivity index (χ3v) is 4.20. The number of hydrogen-bond acceptors (Lipinski definition) is 3. The fourth-order valence-corrected chi connectivity index (χ4v) is 2.75. The second kappa shape index (κ2) is 6.71. The summed E-state index contributed by atoms with van der Waals surface area (Å²) in [6.45, 7) is 0.495. The molecule has 0 aliphatic carbocycles. The number of carbonyl (C=O) groups is 2. The standard InChI is InChI=1S/C17H14Cl2N2O2/c18-12-3-1-11(2-4-12)10-20-15-9-16(22)21(17(15)23)14-7-5-13(19)6-8-14/h1-8,15,20H,9-10H2/t15-/m1/s1. The Morgan fingerprint density at radius 1 is 0.957 bits per heavy atom. The van der Waals surface area contributed by atoms with Crippen LogP contribution in [0.15, 0.2) is 48.5 Å². The van der Waals surface area contributed by atoms with Crippen molar-refractivity contribution in [1.82, 2.24) is 5.32 Å². The van der Waals surface area contributed by atoms with Gasteiger partial charge in [-0.15, -0.1) is 0 Å². The number of nitrogens with one attached hydrogen (secondary N) is 1. The molecule has 118 valence electrons. The molecule has 0 unspecified atom stereocenters. The van der Waals surface area contributed by atoms with Crippen LogP contribution in [-0.2, 0) is 16.1 Å². The molecule has 1 heterocycles. The maximum Gasteiger partial charge on any atom is 0.251 e. The number of imide groups is 1. The van der Waals surface area contributed by atoms with Gasteiger partial charge in [-0.1, -0.05) is 35.3 Å². The predicted octanol–water partition coefficient (Wildman–Crippen LogP) is 3.42. The summed E-state index contributed by atoms with van der Waals surface area (Å²) < 4.78 is 0. The van der Waals surface area contributed by atoms with Crippen molar-refractivity contribution in [2.45, 2.75) is 19.0 Å². The number of halogens is 2. The van der Waals surface area contributed by atoms with E-state index in [-0.39, 0.29) is 18.2 Å². The average Bonchev–Trinajstić information content (AvgIpc) is 2.82. The van der Waals surface area contributed by atoms with Crippen molar-refractivity contribution >= 4 is 40.7 Å². The second-order valence-electron chi connectivity index (χ2n) is 5.31. The van der Waals surface area contributed by atoms with Crippen LogP contribution in [0.5, 0.6) is 0 Å². The number of amides is 2. The minimum Gasteiger partial charge on any atom is -0.301 e. The Balaban J connectivity index is 1.68. The van der Waals surface area contributed by atoms with Crippen molar-refractivity contribution in [1.29, 1.82) is 0 Å². The molecular weight excluding hydrogens is 335 g/mol.